The molecule has 0 aliphatic carbocycles. The summed E-state index contributed by atoms with van der Waals surface area (Å²) in [7, 11) is 0. The normalized spacial score (nSPS) is 10.4. The molecule has 0 atom stereocenters. The third-order valence-electron chi connectivity index (χ3n) is 3.60. The zero-order chi connectivity index (χ0) is 20.1. The molecular formula is C18H17FN6O3. The minimum absolute atomic E-state index is 0.0119. The highest BCUT2D eigenvalue weighted by molar-refractivity contribution is 5.75. The smallest absolute Gasteiger partial charge is 0.353 e. The maximum Gasteiger partial charge on any atom is 0.353 e. The minimum Gasteiger partial charge on any atom is -0.494 e. The van der Waals surface area contributed by atoms with Crippen LogP contribution in [0.4, 0.5) is 39.0 Å². The lowest BCUT2D eigenvalue weighted by atomic mass is 10.3. The Hall–Kier alpha value is -3.95. The van der Waals surface area contributed by atoms with Gasteiger partial charge in [-0.2, -0.15) is 9.97 Å². The van der Waals surface area contributed by atoms with Crippen LogP contribution >= 0.6 is 0 Å². The van der Waals surface area contributed by atoms with Crippen LogP contribution in [0.2, 0.25) is 0 Å². The number of ether oxygens (including phenoxy) is 1. The zero-order valence-electron chi connectivity index (χ0n) is 14.8. The molecule has 10 heteroatoms. The molecule has 0 aliphatic heterocycles. The summed E-state index contributed by atoms with van der Waals surface area (Å²) in [6, 6.07) is 12.4. The van der Waals surface area contributed by atoms with E-state index in [1.807, 2.05) is 6.92 Å². The largest absolute Gasteiger partial charge is 0.494 e. The first-order valence-electron chi connectivity index (χ1n) is 8.30. The average Bonchev–Trinajstić information content (AvgIpc) is 2.63. The van der Waals surface area contributed by atoms with E-state index in [9.17, 15) is 14.5 Å². The van der Waals surface area contributed by atoms with Crippen LogP contribution in [-0.4, -0.2) is 21.5 Å². The molecule has 28 heavy (non-hydrogen) atoms. The lowest BCUT2D eigenvalue weighted by molar-refractivity contribution is -0.383. The van der Waals surface area contributed by atoms with E-state index in [2.05, 4.69) is 20.6 Å². The van der Waals surface area contributed by atoms with Gasteiger partial charge in [-0.25, -0.2) is 4.39 Å². The van der Waals surface area contributed by atoms with Gasteiger partial charge in [0.05, 0.1) is 11.5 Å². The number of aromatic nitrogens is 2. The number of nitrogens with zero attached hydrogens (tertiary/aromatic N) is 3. The molecule has 144 valence electrons. The van der Waals surface area contributed by atoms with Crippen molar-refractivity contribution in [2.24, 2.45) is 0 Å². The van der Waals surface area contributed by atoms with Crippen LogP contribution in [0.1, 0.15) is 6.92 Å². The maximum atomic E-state index is 13.4. The molecule has 1 heterocycles. The van der Waals surface area contributed by atoms with E-state index >= 15 is 0 Å². The minimum atomic E-state index is -0.668. The first-order valence-corrected chi connectivity index (χ1v) is 8.30. The first-order chi connectivity index (χ1) is 13.5. The van der Waals surface area contributed by atoms with Crippen molar-refractivity contribution < 1.29 is 14.1 Å². The monoisotopic (exact) mass is 384 g/mol. The van der Waals surface area contributed by atoms with Crippen LogP contribution in [0.15, 0.2) is 48.5 Å². The zero-order valence-corrected chi connectivity index (χ0v) is 14.8. The molecule has 1 aromatic heterocycles. The fourth-order valence-corrected chi connectivity index (χ4v) is 2.43. The standard InChI is InChI=1S/C18H17FN6O3/c1-2-28-14-8-6-12(7-9-14)21-17-15(25(26)27)16(20)23-18(24-17)22-13-5-3-4-11(19)10-13/h3-10H,2H2,1H3,(H4,20,21,22,23,24). The third-order valence-corrected chi connectivity index (χ3v) is 3.60. The molecule has 4 N–H and O–H groups in total. The van der Waals surface area contributed by atoms with E-state index in [1.54, 1.807) is 30.3 Å². The summed E-state index contributed by atoms with van der Waals surface area (Å²) in [5.41, 5.74) is 6.22. The number of halogens is 1. The van der Waals surface area contributed by atoms with Gasteiger partial charge in [-0.15, -0.1) is 0 Å². The number of nitrogens with one attached hydrogen (secondary N) is 2. The third kappa shape index (κ3) is 4.41. The predicted molar refractivity (Wildman–Crippen MR) is 104 cm³/mol. The summed E-state index contributed by atoms with van der Waals surface area (Å²) in [5, 5.41) is 17.0. The van der Waals surface area contributed by atoms with Gasteiger partial charge in [0.15, 0.2) is 0 Å². The van der Waals surface area contributed by atoms with Crippen LogP contribution < -0.4 is 21.1 Å². The second kappa shape index (κ2) is 8.16. The summed E-state index contributed by atoms with van der Waals surface area (Å²) < 4.78 is 18.7. The number of rotatable bonds is 7. The van der Waals surface area contributed by atoms with Gasteiger partial charge in [0, 0.05) is 11.4 Å². The summed E-state index contributed by atoms with van der Waals surface area (Å²) in [5.74, 6) is -0.221. The Labute approximate surface area is 159 Å². The van der Waals surface area contributed by atoms with Crippen molar-refractivity contribution in [3.8, 4) is 5.75 Å². The van der Waals surface area contributed by atoms with E-state index in [4.69, 9.17) is 10.5 Å². The van der Waals surface area contributed by atoms with Crippen LogP contribution in [-0.2, 0) is 0 Å². The van der Waals surface area contributed by atoms with Gasteiger partial charge in [0.25, 0.3) is 0 Å². The Kier molecular flexibility index (Phi) is 5.49. The fraction of sp³-hybridized carbons (Fsp3) is 0.111. The molecule has 0 aliphatic rings. The van der Waals surface area contributed by atoms with Crippen molar-refractivity contribution in [1.29, 1.82) is 0 Å². The lowest BCUT2D eigenvalue weighted by Crippen LogP contribution is -2.08. The van der Waals surface area contributed by atoms with E-state index in [-0.39, 0.29) is 17.6 Å². The highest BCUT2D eigenvalue weighted by Gasteiger charge is 2.23. The molecule has 0 spiro atoms. The van der Waals surface area contributed by atoms with Gasteiger partial charge < -0.3 is 21.1 Å². The summed E-state index contributed by atoms with van der Waals surface area (Å²) >= 11 is 0. The van der Waals surface area contributed by atoms with Crippen LogP contribution in [0.25, 0.3) is 0 Å². The number of nitrogen functional groups attached to an aromatic ring is 1. The number of hydrogen-bond donors (Lipinski definition) is 3. The van der Waals surface area contributed by atoms with Crippen molar-refractivity contribution in [1.82, 2.24) is 9.97 Å². The number of benzene rings is 2. The van der Waals surface area contributed by atoms with Gasteiger partial charge in [-0.05, 0) is 49.4 Å². The molecule has 0 amide bonds. The topological polar surface area (TPSA) is 128 Å². The highest BCUT2D eigenvalue weighted by Crippen LogP contribution is 2.32. The van der Waals surface area contributed by atoms with Crippen LogP contribution in [0.3, 0.4) is 0 Å². The van der Waals surface area contributed by atoms with E-state index < -0.39 is 16.4 Å². The molecule has 0 fully saturated rings. The van der Waals surface area contributed by atoms with Gasteiger partial charge in [0.2, 0.25) is 17.6 Å². The van der Waals surface area contributed by atoms with Crippen LogP contribution in [0, 0.1) is 15.9 Å². The van der Waals surface area contributed by atoms with E-state index in [1.165, 1.54) is 18.2 Å². The van der Waals surface area contributed by atoms with Crippen molar-refractivity contribution in [3.05, 3.63) is 64.5 Å². The number of nitro groups is 1. The molecule has 0 saturated carbocycles. The number of hydrogen-bond acceptors (Lipinski definition) is 8. The van der Waals surface area contributed by atoms with Crippen molar-refractivity contribution in [3.63, 3.8) is 0 Å². The van der Waals surface area contributed by atoms with Gasteiger partial charge in [-0.1, -0.05) is 6.07 Å². The Morgan fingerprint density at radius 3 is 2.54 bits per heavy atom. The van der Waals surface area contributed by atoms with E-state index in [0.29, 0.717) is 23.7 Å². The average molecular weight is 384 g/mol. The second-order valence-electron chi connectivity index (χ2n) is 5.60. The maximum absolute atomic E-state index is 13.4. The second-order valence-corrected chi connectivity index (χ2v) is 5.60. The first kappa shape index (κ1) is 18.8. The van der Waals surface area contributed by atoms with Gasteiger partial charge in [-0.3, -0.25) is 10.1 Å². The van der Waals surface area contributed by atoms with Crippen molar-refractivity contribution >= 4 is 34.6 Å². The molecule has 2 aromatic carbocycles. The number of nitrogens with two attached hydrogens (primary N) is 1. The SMILES string of the molecule is CCOc1ccc(Nc2nc(Nc3cccc(F)c3)nc(N)c2[N+](=O)[O-])cc1. The molecular weight excluding hydrogens is 367 g/mol. The van der Waals surface area contributed by atoms with Gasteiger partial charge in [0.1, 0.15) is 11.6 Å². The Bertz CT molecular complexity index is 997. The van der Waals surface area contributed by atoms with Crippen molar-refractivity contribution in [2.75, 3.05) is 23.0 Å². The molecule has 3 rings (SSSR count). The van der Waals surface area contributed by atoms with Crippen molar-refractivity contribution in [2.45, 2.75) is 6.92 Å². The molecule has 3 aromatic rings. The Balaban J connectivity index is 1.93. The molecule has 0 radical (unpaired) electrons. The Morgan fingerprint density at radius 2 is 1.89 bits per heavy atom. The van der Waals surface area contributed by atoms with Gasteiger partial charge >= 0.3 is 5.69 Å². The molecule has 0 bridgehead atoms. The predicted octanol–water partition coefficient (Wildman–Crippen LogP) is 3.99. The van der Waals surface area contributed by atoms with E-state index in [0.717, 1.165) is 0 Å². The summed E-state index contributed by atoms with van der Waals surface area (Å²) in [4.78, 5) is 18.8. The highest BCUT2D eigenvalue weighted by atomic mass is 19.1. The molecule has 0 saturated heterocycles. The lowest BCUT2D eigenvalue weighted by Gasteiger charge is -2.11. The quantitative estimate of drug-likeness (QED) is 0.412. The Morgan fingerprint density at radius 1 is 1.14 bits per heavy atom. The number of anilines is 5. The summed E-state index contributed by atoms with van der Waals surface area (Å²) in [6.45, 7) is 2.39. The fourth-order valence-electron chi connectivity index (χ4n) is 2.43. The summed E-state index contributed by atoms with van der Waals surface area (Å²) in [6.07, 6.45) is 0. The van der Waals surface area contributed by atoms with Crippen LogP contribution in [0.5, 0.6) is 5.75 Å². The molecule has 9 nitrogen and oxygen atoms in total. The molecule has 0 unspecified atom stereocenters.